The third-order valence-electron chi connectivity index (χ3n) is 2.37. The van der Waals surface area contributed by atoms with Crippen molar-refractivity contribution < 1.29 is 23.1 Å². The smallest absolute Gasteiger partial charge is 0.416 e. The van der Waals surface area contributed by atoms with Crippen LogP contribution in [0, 0.1) is 0 Å². The molecular weight excluding hydrogens is 259 g/mol. The molecule has 0 aliphatic heterocycles. The molecule has 0 spiro atoms. The first kappa shape index (κ1) is 14.9. The molecule has 6 heteroatoms. The maximum atomic E-state index is 12.4. The molecule has 0 aromatic heterocycles. The Morgan fingerprint density at radius 3 is 2.21 bits per heavy atom. The van der Waals surface area contributed by atoms with Crippen LogP contribution in [-0.2, 0) is 11.0 Å². The quantitative estimate of drug-likeness (QED) is 0.854. The number of rotatable bonds is 4. The van der Waals surface area contributed by atoms with Gasteiger partial charge in [0, 0.05) is 12.1 Å². The number of hydrogen-bond acceptors (Lipinski definition) is 2. The topological polar surface area (TPSA) is 49.7 Å². The van der Waals surface area contributed by atoms with Gasteiger partial charge in [-0.15, -0.1) is 0 Å². The summed E-state index contributed by atoms with van der Waals surface area (Å²) in [4.78, 5) is 14.7. The van der Waals surface area contributed by atoms with Gasteiger partial charge in [-0.3, -0.25) is 4.99 Å². The van der Waals surface area contributed by atoms with E-state index in [-0.39, 0.29) is 17.8 Å². The Bertz CT molecular complexity index is 516. The highest BCUT2D eigenvalue weighted by Crippen LogP contribution is 2.30. The number of hydrogen-bond donors (Lipinski definition) is 1. The first-order chi connectivity index (χ1) is 8.77. The van der Waals surface area contributed by atoms with Crippen LogP contribution in [0.5, 0.6) is 0 Å². The monoisotopic (exact) mass is 271 g/mol. The number of aliphatic carboxylic acids is 1. The number of carboxylic acids is 1. The molecule has 0 atom stereocenters. The van der Waals surface area contributed by atoms with Gasteiger partial charge in [-0.1, -0.05) is 18.7 Å². The molecule has 19 heavy (non-hydrogen) atoms. The zero-order valence-electron chi connectivity index (χ0n) is 10.2. The van der Waals surface area contributed by atoms with Gasteiger partial charge in [0.25, 0.3) is 0 Å². The standard InChI is InChI=1S/C13H12F3NO2/c1-3-17-11(12(18)19)8(2)9-4-6-10(7-5-9)13(14,15)16/h4-7H,2-3H2,1H3,(H,18,19). The van der Waals surface area contributed by atoms with Crippen molar-refractivity contribution in [3.05, 3.63) is 42.0 Å². The van der Waals surface area contributed by atoms with E-state index in [1.807, 2.05) is 0 Å². The van der Waals surface area contributed by atoms with Crippen molar-refractivity contribution >= 4 is 17.3 Å². The van der Waals surface area contributed by atoms with E-state index in [2.05, 4.69) is 11.6 Å². The average molecular weight is 271 g/mol. The lowest BCUT2D eigenvalue weighted by Gasteiger charge is -2.09. The largest absolute Gasteiger partial charge is 0.477 e. The van der Waals surface area contributed by atoms with Gasteiger partial charge in [0.05, 0.1) is 5.56 Å². The van der Waals surface area contributed by atoms with Crippen molar-refractivity contribution in [3.8, 4) is 0 Å². The van der Waals surface area contributed by atoms with E-state index in [0.717, 1.165) is 12.1 Å². The van der Waals surface area contributed by atoms with E-state index >= 15 is 0 Å². The van der Waals surface area contributed by atoms with Gasteiger partial charge >= 0.3 is 12.1 Å². The van der Waals surface area contributed by atoms with E-state index < -0.39 is 17.7 Å². The van der Waals surface area contributed by atoms with Gasteiger partial charge in [0.2, 0.25) is 0 Å². The normalized spacial score (nSPS) is 12.3. The van der Waals surface area contributed by atoms with Gasteiger partial charge in [0.1, 0.15) is 5.71 Å². The number of carbonyl (C=O) groups is 1. The van der Waals surface area contributed by atoms with Gasteiger partial charge in [-0.25, -0.2) is 4.79 Å². The third-order valence-corrected chi connectivity index (χ3v) is 2.37. The van der Waals surface area contributed by atoms with Gasteiger partial charge in [0.15, 0.2) is 0 Å². The molecule has 0 saturated carbocycles. The fraction of sp³-hybridized carbons (Fsp3) is 0.231. The molecule has 1 aromatic rings. The summed E-state index contributed by atoms with van der Waals surface area (Å²) >= 11 is 0. The number of alkyl halides is 3. The maximum Gasteiger partial charge on any atom is 0.416 e. The summed E-state index contributed by atoms with van der Waals surface area (Å²) in [5, 5.41) is 8.95. The summed E-state index contributed by atoms with van der Waals surface area (Å²) in [5.41, 5.74) is -0.665. The summed E-state index contributed by atoms with van der Waals surface area (Å²) in [7, 11) is 0. The number of nitrogens with zero attached hydrogens (tertiary/aromatic N) is 1. The van der Waals surface area contributed by atoms with E-state index in [1.165, 1.54) is 12.1 Å². The molecule has 0 saturated heterocycles. The molecule has 0 heterocycles. The Hall–Kier alpha value is -2.11. The number of halogens is 3. The summed E-state index contributed by atoms with van der Waals surface area (Å²) in [5.74, 6) is -1.26. The Kier molecular flexibility index (Phi) is 4.47. The van der Waals surface area contributed by atoms with E-state index in [1.54, 1.807) is 6.92 Å². The van der Waals surface area contributed by atoms with Crippen LogP contribution in [-0.4, -0.2) is 23.3 Å². The molecule has 0 radical (unpaired) electrons. The summed E-state index contributed by atoms with van der Waals surface area (Å²) in [6.07, 6.45) is -4.42. The number of benzene rings is 1. The Morgan fingerprint density at radius 2 is 1.84 bits per heavy atom. The molecule has 0 aliphatic carbocycles. The lowest BCUT2D eigenvalue weighted by Crippen LogP contribution is -2.15. The minimum absolute atomic E-state index is 0.0862. The van der Waals surface area contributed by atoms with Crippen LogP contribution >= 0.6 is 0 Å². The Balaban J connectivity index is 3.08. The maximum absolute atomic E-state index is 12.4. The van der Waals surface area contributed by atoms with Crippen LogP contribution in [0.25, 0.3) is 5.57 Å². The second-order valence-electron chi connectivity index (χ2n) is 3.68. The highest BCUT2D eigenvalue weighted by molar-refractivity contribution is 6.53. The molecule has 0 bridgehead atoms. The number of aliphatic imine (C=N–C) groups is 1. The van der Waals surface area contributed by atoms with Crippen molar-refractivity contribution in [2.24, 2.45) is 4.99 Å². The summed E-state index contributed by atoms with van der Waals surface area (Å²) < 4.78 is 37.2. The molecule has 0 amide bonds. The Morgan fingerprint density at radius 1 is 1.32 bits per heavy atom. The SMILES string of the molecule is C=C(C(=NCC)C(=O)O)c1ccc(C(F)(F)F)cc1. The van der Waals surface area contributed by atoms with Gasteiger partial charge in [-0.05, 0) is 24.6 Å². The predicted octanol–water partition coefficient (Wildman–Crippen LogP) is 3.26. The highest BCUT2D eigenvalue weighted by Gasteiger charge is 2.30. The lowest BCUT2D eigenvalue weighted by molar-refractivity contribution is -0.137. The molecule has 1 N–H and O–H groups in total. The van der Waals surface area contributed by atoms with Gasteiger partial charge < -0.3 is 5.11 Å². The fourth-order valence-electron chi connectivity index (χ4n) is 1.45. The minimum atomic E-state index is -4.42. The molecule has 0 unspecified atom stereocenters. The first-order valence-corrected chi connectivity index (χ1v) is 5.42. The van der Waals surface area contributed by atoms with Crippen molar-refractivity contribution in [2.45, 2.75) is 13.1 Å². The predicted molar refractivity (Wildman–Crippen MR) is 66.1 cm³/mol. The van der Waals surface area contributed by atoms with Crippen LogP contribution in [0.4, 0.5) is 13.2 Å². The van der Waals surface area contributed by atoms with Crippen LogP contribution < -0.4 is 0 Å². The zero-order chi connectivity index (χ0) is 14.6. The minimum Gasteiger partial charge on any atom is -0.477 e. The van der Waals surface area contributed by atoms with Crippen molar-refractivity contribution in [2.75, 3.05) is 6.54 Å². The second kappa shape index (κ2) is 5.69. The lowest BCUT2D eigenvalue weighted by atomic mass is 10.0. The van der Waals surface area contributed by atoms with E-state index in [4.69, 9.17) is 5.11 Å². The molecule has 102 valence electrons. The molecule has 0 fully saturated rings. The first-order valence-electron chi connectivity index (χ1n) is 5.42. The van der Waals surface area contributed by atoms with Crippen LogP contribution in [0.2, 0.25) is 0 Å². The molecule has 1 rings (SSSR count). The van der Waals surface area contributed by atoms with E-state index in [9.17, 15) is 18.0 Å². The highest BCUT2D eigenvalue weighted by atomic mass is 19.4. The van der Waals surface area contributed by atoms with Crippen molar-refractivity contribution in [1.29, 1.82) is 0 Å². The third kappa shape index (κ3) is 3.67. The van der Waals surface area contributed by atoms with Crippen LogP contribution in [0.3, 0.4) is 0 Å². The second-order valence-corrected chi connectivity index (χ2v) is 3.68. The van der Waals surface area contributed by atoms with E-state index in [0.29, 0.717) is 5.56 Å². The number of carboxylic acid groups (broad SMARTS) is 1. The Labute approximate surface area is 108 Å². The molecule has 3 nitrogen and oxygen atoms in total. The molecule has 0 aliphatic rings. The molecule has 1 aromatic carbocycles. The summed E-state index contributed by atoms with van der Waals surface area (Å²) in [6, 6.07) is 4.12. The van der Waals surface area contributed by atoms with Crippen molar-refractivity contribution in [3.63, 3.8) is 0 Å². The average Bonchev–Trinajstić information content (AvgIpc) is 2.34. The fourth-order valence-corrected chi connectivity index (χ4v) is 1.45. The molecular formula is C13H12F3NO2. The van der Waals surface area contributed by atoms with Crippen LogP contribution in [0.15, 0.2) is 35.8 Å². The zero-order valence-corrected chi connectivity index (χ0v) is 10.2. The van der Waals surface area contributed by atoms with Crippen molar-refractivity contribution in [1.82, 2.24) is 0 Å². The van der Waals surface area contributed by atoms with Gasteiger partial charge in [-0.2, -0.15) is 13.2 Å². The summed E-state index contributed by atoms with van der Waals surface area (Å²) in [6.45, 7) is 5.47. The van der Waals surface area contributed by atoms with Crippen LogP contribution in [0.1, 0.15) is 18.1 Å².